The number of anilines is 1. The average Bonchev–Trinajstić information content (AvgIpc) is 2.26. The first-order valence-electron chi connectivity index (χ1n) is 5.04. The van der Waals surface area contributed by atoms with Crippen LogP contribution in [0, 0.1) is 0 Å². The van der Waals surface area contributed by atoms with Crippen LogP contribution in [-0.2, 0) is 9.53 Å². The molecule has 1 aromatic rings. The van der Waals surface area contributed by atoms with Crippen LogP contribution in [0.3, 0.4) is 0 Å². The van der Waals surface area contributed by atoms with Crippen molar-refractivity contribution in [3.05, 3.63) is 28.2 Å². The normalized spacial score (nSPS) is 9.76. The lowest BCUT2D eigenvalue weighted by Crippen LogP contribution is -2.20. The molecule has 17 heavy (non-hydrogen) atoms. The highest BCUT2D eigenvalue weighted by Crippen LogP contribution is 2.24. The minimum Gasteiger partial charge on any atom is -0.465 e. The number of carbonyl (C=O) groups is 1. The Morgan fingerprint density at radius 2 is 2.29 bits per heavy atom. The summed E-state index contributed by atoms with van der Waals surface area (Å²) in [4.78, 5) is 11.5. The standard InChI is InChI=1S/C11H13BrN2O2S/c1-2-16-9(15)6-14-8-5-3-4-7(12)10(8)11(13)17/h3-5,14H,2,6H2,1H3,(H2,13,17). The number of hydrogen-bond donors (Lipinski definition) is 2. The molecule has 1 rings (SSSR count). The summed E-state index contributed by atoms with van der Waals surface area (Å²) < 4.78 is 5.61. The van der Waals surface area contributed by atoms with E-state index in [1.807, 2.05) is 12.1 Å². The van der Waals surface area contributed by atoms with E-state index in [1.54, 1.807) is 13.0 Å². The monoisotopic (exact) mass is 316 g/mol. The van der Waals surface area contributed by atoms with E-state index in [1.165, 1.54) is 0 Å². The summed E-state index contributed by atoms with van der Waals surface area (Å²) in [7, 11) is 0. The molecule has 0 radical (unpaired) electrons. The maximum Gasteiger partial charge on any atom is 0.325 e. The summed E-state index contributed by atoms with van der Waals surface area (Å²) in [5, 5.41) is 2.95. The highest BCUT2D eigenvalue weighted by molar-refractivity contribution is 9.10. The van der Waals surface area contributed by atoms with E-state index in [-0.39, 0.29) is 17.5 Å². The summed E-state index contributed by atoms with van der Waals surface area (Å²) in [6.07, 6.45) is 0. The molecular formula is C11H13BrN2O2S. The number of rotatable bonds is 5. The molecule has 1 aromatic carbocycles. The van der Waals surface area contributed by atoms with Crippen molar-refractivity contribution in [2.75, 3.05) is 18.5 Å². The summed E-state index contributed by atoms with van der Waals surface area (Å²) in [5.41, 5.74) is 7.02. The van der Waals surface area contributed by atoms with Gasteiger partial charge in [0.15, 0.2) is 0 Å². The smallest absolute Gasteiger partial charge is 0.325 e. The molecule has 0 fully saturated rings. The molecule has 0 heterocycles. The Morgan fingerprint density at radius 3 is 2.88 bits per heavy atom. The lowest BCUT2D eigenvalue weighted by molar-refractivity contribution is -0.140. The SMILES string of the molecule is CCOC(=O)CNc1cccc(Br)c1C(N)=S. The maximum absolute atomic E-state index is 11.2. The Kier molecular flexibility index (Phi) is 5.37. The summed E-state index contributed by atoms with van der Waals surface area (Å²) >= 11 is 8.32. The molecule has 92 valence electrons. The van der Waals surface area contributed by atoms with Gasteiger partial charge in [-0.25, -0.2) is 0 Å². The van der Waals surface area contributed by atoms with Crippen LogP contribution < -0.4 is 11.1 Å². The second kappa shape index (κ2) is 6.56. The lowest BCUT2D eigenvalue weighted by atomic mass is 10.2. The first-order valence-corrected chi connectivity index (χ1v) is 6.24. The van der Waals surface area contributed by atoms with Gasteiger partial charge in [0.05, 0.1) is 6.61 Å². The van der Waals surface area contributed by atoms with Gasteiger partial charge in [-0.05, 0) is 35.0 Å². The van der Waals surface area contributed by atoms with E-state index < -0.39 is 0 Å². The number of hydrogen-bond acceptors (Lipinski definition) is 4. The fourth-order valence-electron chi connectivity index (χ4n) is 1.30. The Bertz CT molecular complexity index is 437. The van der Waals surface area contributed by atoms with Crippen molar-refractivity contribution in [1.29, 1.82) is 0 Å². The van der Waals surface area contributed by atoms with Crippen molar-refractivity contribution >= 4 is 44.8 Å². The molecule has 0 aliphatic rings. The molecule has 3 N–H and O–H groups in total. The van der Waals surface area contributed by atoms with E-state index in [9.17, 15) is 4.79 Å². The Hall–Kier alpha value is -1.14. The van der Waals surface area contributed by atoms with E-state index in [0.29, 0.717) is 17.9 Å². The van der Waals surface area contributed by atoms with Crippen molar-refractivity contribution in [3.63, 3.8) is 0 Å². The molecule has 0 amide bonds. The molecule has 0 saturated carbocycles. The lowest BCUT2D eigenvalue weighted by Gasteiger charge is -2.12. The molecule has 0 saturated heterocycles. The van der Waals surface area contributed by atoms with Gasteiger partial charge >= 0.3 is 5.97 Å². The number of nitrogens with one attached hydrogen (secondary N) is 1. The predicted molar refractivity (Wildman–Crippen MR) is 75.2 cm³/mol. The molecular weight excluding hydrogens is 304 g/mol. The Balaban J connectivity index is 2.81. The van der Waals surface area contributed by atoms with Crippen LogP contribution in [0.4, 0.5) is 5.69 Å². The van der Waals surface area contributed by atoms with Crippen LogP contribution in [0.1, 0.15) is 12.5 Å². The number of benzene rings is 1. The number of ether oxygens (including phenoxy) is 1. The van der Waals surface area contributed by atoms with Gasteiger partial charge in [-0.1, -0.05) is 18.3 Å². The third-order valence-corrected chi connectivity index (χ3v) is 2.85. The maximum atomic E-state index is 11.2. The van der Waals surface area contributed by atoms with Crippen LogP contribution in [-0.4, -0.2) is 24.1 Å². The summed E-state index contributed by atoms with van der Waals surface area (Å²) in [6, 6.07) is 5.47. The van der Waals surface area contributed by atoms with Crippen molar-refractivity contribution in [2.24, 2.45) is 5.73 Å². The second-order valence-corrected chi connectivity index (χ2v) is 4.48. The topological polar surface area (TPSA) is 64.3 Å². The Morgan fingerprint density at radius 1 is 1.59 bits per heavy atom. The third kappa shape index (κ3) is 3.98. The van der Waals surface area contributed by atoms with Gasteiger partial charge in [0, 0.05) is 15.7 Å². The molecule has 0 aromatic heterocycles. The highest BCUT2D eigenvalue weighted by atomic mass is 79.9. The fraction of sp³-hybridized carbons (Fsp3) is 0.273. The van der Waals surface area contributed by atoms with E-state index in [4.69, 9.17) is 22.7 Å². The number of nitrogens with two attached hydrogens (primary N) is 1. The van der Waals surface area contributed by atoms with Gasteiger partial charge in [0.1, 0.15) is 11.5 Å². The molecule has 0 atom stereocenters. The molecule has 0 unspecified atom stereocenters. The second-order valence-electron chi connectivity index (χ2n) is 3.19. The first kappa shape index (κ1) is 13.9. The zero-order valence-electron chi connectivity index (χ0n) is 9.33. The van der Waals surface area contributed by atoms with Gasteiger partial charge in [-0.15, -0.1) is 0 Å². The first-order chi connectivity index (χ1) is 8.06. The molecule has 0 spiro atoms. The fourth-order valence-corrected chi connectivity index (χ4v) is 2.23. The summed E-state index contributed by atoms with van der Waals surface area (Å²) in [5.74, 6) is -0.318. The number of carbonyl (C=O) groups excluding carboxylic acids is 1. The number of thiocarbonyl (C=S) groups is 1. The van der Waals surface area contributed by atoms with Gasteiger partial charge < -0.3 is 15.8 Å². The summed E-state index contributed by atoms with van der Waals surface area (Å²) in [6.45, 7) is 2.21. The highest BCUT2D eigenvalue weighted by Gasteiger charge is 2.10. The van der Waals surface area contributed by atoms with Crippen molar-refractivity contribution in [1.82, 2.24) is 0 Å². The van der Waals surface area contributed by atoms with Gasteiger partial charge in [-0.3, -0.25) is 4.79 Å². The van der Waals surface area contributed by atoms with Gasteiger partial charge in [-0.2, -0.15) is 0 Å². The van der Waals surface area contributed by atoms with E-state index in [0.717, 1.165) is 4.47 Å². The third-order valence-electron chi connectivity index (χ3n) is 1.99. The molecule has 0 aliphatic carbocycles. The minimum atomic E-state index is -0.318. The molecule has 0 bridgehead atoms. The van der Waals surface area contributed by atoms with E-state index >= 15 is 0 Å². The minimum absolute atomic E-state index is 0.0832. The zero-order chi connectivity index (χ0) is 12.8. The number of esters is 1. The quantitative estimate of drug-likeness (QED) is 0.643. The van der Waals surface area contributed by atoms with Crippen LogP contribution in [0.25, 0.3) is 0 Å². The Labute approximate surface area is 114 Å². The molecule has 0 aliphatic heterocycles. The van der Waals surface area contributed by atoms with Crippen molar-refractivity contribution < 1.29 is 9.53 Å². The molecule has 6 heteroatoms. The van der Waals surface area contributed by atoms with Crippen molar-refractivity contribution in [2.45, 2.75) is 6.92 Å². The van der Waals surface area contributed by atoms with Crippen LogP contribution in [0.5, 0.6) is 0 Å². The molecule has 4 nitrogen and oxygen atoms in total. The van der Waals surface area contributed by atoms with Gasteiger partial charge in [0.25, 0.3) is 0 Å². The van der Waals surface area contributed by atoms with Crippen molar-refractivity contribution in [3.8, 4) is 0 Å². The van der Waals surface area contributed by atoms with Crippen LogP contribution >= 0.6 is 28.1 Å². The van der Waals surface area contributed by atoms with Crippen LogP contribution in [0.2, 0.25) is 0 Å². The van der Waals surface area contributed by atoms with Crippen LogP contribution in [0.15, 0.2) is 22.7 Å². The predicted octanol–water partition coefficient (Wildman–Crippen LogP) is 2.06. The average molecular weight is 317 g/mol. The van der Waals surface area contributed by atoms with E-state index in [2.05, 4.69) is 21.2 Å². The van der Waals surface area contributed by atoms with Gasteiger partial charge in [0.2, 0.25) is 0 Å². The number of halogens is 1. The zero-order valence-corrected chi connectivity index (χ0v) is 11.7. The largest absolute Gasteiger partial charge is 0.465 e.